The predicted molar refractivity (Wildman–Crippen MR) is 77.6 cm³/mol. The molecule has 0 aromatic heterocycles. The molecular weight excluding hydrogens is 252 g/mol. The number of esters is 1. The first-order valence-corrected chi connectivity index (χ1v) is 8.34. The van der Waals surface area contributed by atoms with Crippen LogP contribution in [0.2, 0.25) is 0 Å². The van der Waals surface area contributed by atoms with Crippen molar-refractivity contribution in [1.82, 2.24) is 0 Å². The molecule has 1 fully saturated rings. The van der Waals surface area contributed by atoms with Crippen molar-refractivity contribution >= 4 is 29.5 Å². The van der Waals surface area contributed by atoms with E-state index in [0.29, 0.717) is 5.25 Å². The van der Waals surface area contributed by atoms with E-state index in [1.165, 1.54) is 12.2 Å². The molecule has 0 spiro atoms. The highest BCUT2D eigenvalue weighted by atomic mass is 32.2. The molecule has 0 bridgehead atoms. The van der Waals surface area contributed by atoms with E-state index in [1.807, 2.05) is 32.5 Å². The Labute approximate surface area is 114 Å². The maximum atomic E-state index is 12.2. The van der Waals surface area contributed by atoms with Gasteiger partial charge in [0.15, 0.2) is 4.93 Å². The molecule has 2 nitrogen and oxygen atoms in total. The third-order valence-electron chi connectivity index (χ3n) is 3.52. The van der Waals surface area contributed by atoms with E-state index in [2.05, 4.69) is 13.8 Å². The average Bonchev–Trinajstić information content (AvgIpc) is 2.42. The molecule has 1 rings (SSSR count). The van der Waals surface area contributed by atoms with Gasteiger partial charge in [-0.05, 0) is 52.0 Å². The van der Waals surface area contributed by atoms with E-state index in [1.54, 1.807) is 11.8 Å². The van der Waals surface area contributed by atoms with Gasteiger partial charge in [0, 0.05) is 0 Å². The fourth-order valence-corrected chi connectivity index (χ4v) is 4.11. The lowest BCUT2D eigenvalue weighted by Crippen LogP contribution is -2.41. The molecule has 0 saturated carbocycles. The van der Waals surface area contributed by atoms with Crippen LogP contribution in [0.3, 0.4) is 0 Å². The molecule has 0 amide bonds. The Bertz CT molecular complexity index is 279. The number of ether oxygens (including phenoxy) is 1. The van der Waals surface area contributed by atoms with Gasteiger partial charge in [0.1, 0.15) is 0 Å². The summed E-state index contributed by atoms with van der Waals surface area (Å²) in [7, 11) is 0. The molecule has 0 aromatic carbocycles. The first kappa shape index (κ1) is 15.2. The Morgan fingerprint density at radius 3 is 2.71 bits per heavy atom. The lowest BCUT2D eigenvalue weighted by atomic mass is 9.90. The molecule has 1 heterocycles. The predicted octanol–water partition coefficient (Wildman–Crippen LogP) is 3.94. The zero-order valence-corrected chi connectivity index (χ0v) is 13.2. The smallest absolute Gasteiger partial charge is 0.312 e. The maximum Gasteiger partial charge on any atom is 0.312 e. The molecule has 1 saturated heterocycles. The summed E-state index contributed by atoms with van der Waals surface area (Å²) >= 11 is 3.69. The summed E-state index contributed by atoms with van der Waals surface area (Å²) < 4.78 is 5.83. The van der Waals surface area contributed by atoms with Gasteiger partial charge in [-0.3, -0.25) is 4.79 Å². The second-order valence-corrected chi connectivity index (χ2v) is 8.31. The lowest BCUT2D eigenvalue weighted by molar-refractivity contribution is -0.161. The first-order valence-electron chi connectivity index (χ1n) is 6.31. The summed E-state index contributed by atoms with van der Waals surface area (Å²) in [6.45, 7) is 10.2. The van der Waals surface area contributed by atoms with Crippen molar-refractivity contribution < 1.29 is 9.53 Å². The van der Waals surface area contributed by atoms with Crippen LogP contribution < -0.4 is 0 Å². The van der Waals surface area contributed by atoms with E-state index < -0.39 is 0 Å². The van der Waals surface area contributed by atoms with Crippen LogP contribution in [0.25, 0.3) is 0 Å². The van der Waals surface area contributed by atoms with Crippen LogP contribution in [0, 0.1) is 5.41 Å². The molecule has 100 valence electrons. The Hall–Kier alpha value is 0.170. The van der Waals surface area contributed by atoms with Crippen molar-refractivity contribution in [3.63, 3.8) is 0 Å². The number of rotatable bonds is 3. The minimum Gasteiger partial charge on any atom is -0.447 e. The van der Waals surface area contributed by atoms with Gasteiger partial charge in [0.05, 0.1) is 10.7 Å². The Kier molecular flexibility index (Phi) is 5.26. The maximum absolute atomic E-state index is 12.2. The van der Waals surface area contributed by atoms with E-state index in [9.17, 15) is 4.79 Å². The standard InChI is InChI=1S/C13H24O2S2/c1-6-12(3,4)11(14)15-13(5)10(2)16-8-7-9-17-13/h10H,6-9H2,1-5H3. The summed E-state index contributed by atoms with van der Waals surface area (Å²) in [5.41, 5.74) is -0.375. The highest BCUT2D eigenvalue weighted by Gasteiger charge is 2.40. The summed E-state index contributed by atoms with van der Waals surface area (Å²) in [4.78, 5) is 11.8. The molecular formula is C13H24O2S2. The van der Waals surface area contributed by atoms with Crippen LogP contribution >= 0.6 is 23.5 Å². The third-order valence-corrected chi connectivity index (χ3v) is 6.64. The van der Waals surface area contributed by atoms with E-state index in [0.717, 1.165) is 12.2 Å². The molecule has 2 unspecified atom stereocenters. The van der Waals surface area contributed by atoms with Crippen molar-refractivity contribution in [1.29, 1.82) is 0 Å². The van der Waals surface area contributed by atoms with Crippen molar-refractivity contribution in [3.8, 4) is 0 Å². The van der Waals surface area contributed by atoms with Crippen LogP contribution in [0.5, 0.6) is 0 Å². The van der Waals surface area contributed by atoms with Gasteiger partial charge in [-0.25, -0.2) is 0 Å². The zero-order valence-electron chi connectivity index (χ0n) is 11.5. The van der Waals surface area contributed by atoms with Crippen molar-refractivity contribution in [2.75, 3.05) is 11.5 Å². The number of carbonyl (C=O) groups is 1. The van der Waals surface area contributed by atoms with Crippen LogP contribution in [-0.2, 0) is 9.53 Å². The fourth-order valence-electron chi connectivity index (χ4n) is 1.44. The number of hydrogen-bond acceptors (Lipinski definition) is 4. The van der Waals surface area contributed by atoms with Crippen LogP contribution in [0.15, 0.2) is 0 Å². The quantitative estimate of drug-likeness (QED) is 0.729. The summed E-state index contributed by atoms with van der Waals surface area (Å²) in [6, 6.07) is 0. The second kappa shape index (κ2) is 5.87. The summed E-state index contributed by atoms with van der Waals surface area (Å²) in [5, 5.41) is 0.353. The van der Waals surface area contributed by atoms with Gasteiger partial charge in [-0.1, -0.05) is 6.92 Å². The minimum absolute atomic E-state index is 0.0654. The highest BCUT2D eigenvalue weighted by Crippen LogP contribution is 2.41. The summed E-state index contributed by atoms with van der Waals surface area (Å²) in [6.07, 6.45) is 2.01. The topological polar surface area (TPSA) is 26.3 Å². The van der Waals surface area contributed by atoms with E-state index in [4.69, 9.17) is 4.74 Å². The van der Waals surface area contributed by atoms with E-state index >= 15 is 0 Å². The molecule has 0 aliphatic carbocycles. The monoisotopic (exact) mass is 276 g/mol. The Morgan fingerprint density at radius 2 is 2.12 bits per heavy atom. The average molecular weight is 276 g/mol. The molecule has 0 aromatic rings. The molecule has 2 atom stereocenters. The second-order valence-electron chi connectivity index (χ2n) is 5.36. The fraction of sp³-hybridized carbons (Fsp3) is 0.923. The molecule has 1 aliphatic rings. The van der Waals surface area contributed by atoms with Gasteiger partial charge in [-0.2, -0.15) is 11.8 Å². The first-order chi connectivity index (χ1) is 7.82. The van der Waals surface area contributed by atoms with Crippen molar-refractivity contribution in [3.05, 3.63) is 0 Å². The van der Waals surface area contributed by atoms with Gasteiger partial charge < -0.3 is 4.74 Å². The van der Waals surface area contributed by atoms with Gasteiger partial charge in [0.2, 0.25) is 0 Å². The highest BCUT2D eigenvalue weighted by molar-refractivity contribution is 8.04. The van der Waals surface area contributed by atoms with Crippen molar-refractivity contribution in [2.45, 2.75) is 57.6 Å². The summed E-state index contributed by atoms with van der Waals surface area (Å²) in [5.74, 6) is 2.18. The Balaban J connectivity index is 2.73. The largest absolute Gasteiger partial charge is 0.447 e. The van der Waals surface area contributed by atoms with Gasteiger partial charge in [0.25, 0.3) is 0 Å². The normalized spacial score (nSPS) is 30.8. The molecule has 0 radical (unpaired) electrons. The molecule has 17 heavy (non-hydrogen) atoms. The molecule has 1 aliphatic heterocycles. The van der Waals surface area contributed by atoms with Gasteiger partial charge in [-0.15, -0.1) is 11.8 Å². The number of hydrogen-bond donors (Lipinski definition) is 0. The van der Waals surface area contributed by atoms with E-state index in [-0.39, 0.29) is 16.3 Å². The van der Waals surface area contributed by atoms with Crippen LogP contribution in [-0.4, -0.2) is 27.7 Å². The van der Waals surface area contributed by atoms with Crippen LogP contribution in [0.1, 0.15) is 47.5 Å². The Morgan fingerprint density at radius 1 is 1.47 bits per heavy atom. The number of thioether (sulfide) groups is 2. The molecule has 0 N–H and O–H groups in total. The zero-order chi connectivity index (χ0) is 13.1. The third kappa shape index (κ3) is 3.82. The lowest BCUT2D eigenvalue weighted by Gasteiger charge is -2.35. The SMILES string of the molecule is CCC(C)(C)C(=O)OC1(C)SCCCSC1C. The number of carbonyl (C=O) groups excluding carboxylic acids is 1. The van der Waals surface area contributed by atoms with Crippen molar-refractivity contribution in [2.24, 2.45) is 5.41 Å². The van der Waals surface area contributed by atoms with Crippen LogP contribution in [0.4, 0.5) is 0 Å². The minimum atomic E-state index is -0.375. The van der Waals surface area contributed by atoms with Gasteiger partial charge >= 0.3 is 5.97 Å². The molecule has 4 heteroatoms.